The van der Waals surface area contributed by atoms with E-state index in [0.29, 0.717) is 17.0 Å². The van der Waals surface area contributed by atoms with E-state index in [2.05, 4.69) is 4.98 Å². The molecule has 0 aliphatic carbocycles. The quantitative estimate of drug-likeness (QED) is 0.505. The molecule has 9 heteroatoms. The van der Waals surface area contributed by atoms with Crippen molar-refractivity contribution < 1.29 is 14.5 Å². The van der Waals surface area contributed by atoms with Gasteiger partial charge >= 0.3 is 0 Å². The summed E-state index contributed by atoms with van der Waals surface area (Å²) in [7, 11) is 0. The number of non-ortho nitro benzene ring substituents is 1. The van der Waals surface area contributed by atoms with Crippen LogP contribution in [0.3, 0.4) is 0 Å². The molecule has 26 heavy (non-hydrogen) atoms. The minimum Gasteiger partial charge on any atom is -0.486 e. The highest BCUT2D eigenvalue weighted by Gasteiger charge is 2.12. The Morgan fingerprint density at radius 2 is 2.00 bits per heavy atom. The molecule has 132 valence electrons. The van der Waals surface area contributed by atoms with Crippen LogP contribution in [-0.2, 0) is 6.61 Å². The number of aromatic nitrogens is 1. The molecule has 0 aliphatic rings. The van der Waals surface area contributed by atoms with Gasteiger partial charge in [0, 0.05) is 28.6 Å². The molecule has 0 radical (unpaired) electrons. The molecule has 0 saturated carbocycles. The number of thiazole rings is 1. The first-order valence-electron chi connectivity index (χ1n) is 7.35. The molecular weight excluding hydrogens is 378 g/mol. The predicted octanol–water partition coefficient (Wildman–Crippen LogP) is 4.05. The number of carbonyl (C=O) groups is 1. The summed E-state index contributed by atoms with van der Waals surface area (Å²) in [5, 5.41) is 13.5. The van der Waals surface area contributed by atoms with Crippen LogP contribution in [0.15, 0.2) is 47.8 Å². The van der Waals surface area contributed by atoms with Gasteiger partial charge in [0.15, 0.2) is 0 Å². The van der Waals surface area contributed by atoms with E-state index in [-0.39, 0.29) is 17.3 Å². The third-order valence-corrected chi connectivity index (χ3v) is 4.71. The highest BCUT2D eigenvalue weighted by molar-refractivity contribution is 7.13. The lowest BCUT2D eigenvalue weighted by Crippen LogP contribution is -2.10. The largest absolute Gasteiger partial charge is 0.486 e. The van der Waals surface area contributed by atoms with Crippen molar-refractivity contribution in [1.29, 1.82) is 0 Å². The van der Waals surface area contributed by atoms with E-state index in [1.807, 2.05) is 5.38 Å². The topological polar surface area (TPSA) is 108 Å². The molecule has 3 aromatic rings. The lowest BCUT2D eigenvalue weighted by molar-refractivity contribution is -0.384. The predicted molar refractivity (Wildman–Crippen MR) is 98.5 cm³/mol. The average Bonchev–Trinajstić information content (AvgIpc) is 3.09. The standard InChI is InChI=1S/C17H12ClN3O4S/c18-14-7-13(21(23)24)5-6-15(14)25-8-12-9-26-17(20-12)11-3-1-10(2-4-11)16(19)22/h1-7,9H,8H2,(H2,19,22). The monoisotopic (exact) mass is 389 g/mol. The Bertz CT molecular complexity index is 972. The van der Waals surface area contributed by atoms with Crippen molar-refractivity contribution in [2.75, 3.05) is 0 Å². The van der Waals surface area contributed by atoms with E-state index < -0.39 is 10.8 Å². The average molecular weight is 390 g/mol. The van der Waals surface area contributed by atoms with Crippen LogP contribution in [0, 0.1) is 10.1 Å². The molecule has 0 spiro atoms. The summed E-state index contributed by atoms with van der Waals surface area (Å²) in [6, 6.07) is 10.9. The van der Waals surface area contributed by atoms with Crippen LogP contribution in [0.4, 0.5) is 5.69 Å². The van der Waals surface area contributed by atoms with Gasteiger partial charge in [-0.3, -0.25) is 14.9 Å². The first-order chi connectivity index (χ1) is 12.4. The zero-order valence-electron chi connectivity index (χ0n) is 13.2. The Morgan fingerprint density at radius 3 is 2.62 bits per heavy atom. The van der Waals surface area contributed by atoms with Crippen molar-refractivity contribution in [3.05, 3.63) is 74.2 Å². The number of nitro benzene ring substituents is 1. The van der Waals surface area contributed by atoms with Crippen molar-refractivity contribution in [3.63, 3.8) is 0 Å². The van der Waals surface area contributed by atoms with Gasteiger partial charge in [0.05, 0.1) is 15.6 Å². The van der Waals surface area contributed by atoms with Gasteiger partial charge in [-0.15, -0.1) is 11.3 Å². The minimum atomic E-state index is -0.522. The Balaban J connectivity index is 1.69. The summed E-state index contributed by atoms with van der Waals surface area (Å²) in [6.07, 6.45) is 0. The number of ether oxygens (including phenoxy) is 1. The van der Waals surface area contributed by atoms with Crippen molar-refractivity contribution in [1.82, 2.24) is 4.98 Å². The second-order valence-corrected chi connectivity index (χ2v) is 6.51. The molecule has 0 aliphatic heterocycles. The normalized spacial score (nSPS) is 10.5. The van der Waals surface area contributed by atoms with Crippen LogP contribution in [0.2, 0.25) is 5.02 Å². The van der Waals surface area contributed by atoms with Gasteiger partial charge in [0.25, 0.3) is 5.69 Å². The van der Waals surface area contributed by atoms with Crippen LogP contribution in [0.5, 0.6) is 5.75 Å². The highest BCUT2D eigenvalue weighted by atomic mass is 35.5. The second-order valence-electron chi connectivity index (χ2n) is 5.25. The molecule has 7 nitrogen and oxygen atoms in total. The SMILES string of the molecule is NC(=O)c1ccc(-c2nc(COc3ccc([N+](=O)[O-])cc3Cl)cs2)cc1. The lowest BCUT2D eigenvalue weighted by Gasteiger charge is -2.06. The van der Waals surface area contributed by atoms with Crippen LogP contribution < -0.4 is 10.5 Å². The summed E-state index contributed by atoms with van der Waals surface area (Å²) in [6.45, 7) is 0.174. The number of hydrogen-bond acceptors (Lipinski definition) is 6. The number of amides is 1. The third kappa shape index (κ3) is 3.98. The van der Waals surface area contributed by atoms with E-state index in [0.717, 1.165) is 10.6 Å². The summed E-state index contributed by atoms with van der Waals surface area (Å²) in [4.78, 5) is 25.8. The number of benzene rings is 2. The molecule has 0 unspecified atom stereocenters. The van der Waals surface area contributed by atoms with Crippen LogP contribution in [-0.4, -0.2) is 15.8 Å². The Kier molecular flexibility index (Phi) is 5.15. The van der Waals surface area contributed by atoms with Crippen molar-refractivity contribution in [2.24, 2.45) is 5.73 Å². The van der Waals surface area contributed by atoms with Crippen molar-refractivity contribution in [3.8, 4) is 16.3 Å². The van der Waals surface area contributed by atoms with Gasteiger partial charge in [-0.05, 0) is 18.2 Å². The minimum absolute atomic E-state index is 0.0993. The summed E-state index contributed by atoms with van der Waals surface area (Å²) in [5.41, 5.74) is 7.11. The number of nitrogens with zero attached hydrogens (tertiary/aromatic N) is 2. The van der Waals surface area contributed by atoms with Crippen molar-refractivity contribution in [2.45, 2.75) is 6.61 Å². The number of nitro groups is 1. The fourth-order valence-corrected chi connectivity index (χ4v) is 3.19. The van der Waals surface area contributed by atoms with Crippen LogP contribution in [0.25, 0.3) is 10.6 Å². The van der Waals surface area contributed by atoms with Gasteiger partial charge in [-0.2, -0.15) is 0 Å². The molecule has 0 atom stereocenters. The first kappa shape index (κ1) is 17.8. The number of halogens is 1. The zero-order chi connectivity index (χ0) is 18.7. The molecule has 0 bridgehead atoms. The van der Waals surface area contributed by atoms with E-state index in [9.17, 15) is 14.9 Å². The molecule has 1 amide bonds. The van der Waals surface area contributed by atoms with E-state index in [1.54, 1.807) is 24.3 Å². The Morgan fingerprint density at radius 1 is 1.27 bits per heavy atom. The number of nitrogens with two attached hydrogens (primary N) is 1. The molecule has 0 saturated heterocycles. The van der Waals surface area contributed by atoms with Gasteiger partial charge in [0.1, 0.15) is 17.4 Å². The van der Waals surface area contributed by atoms with Crippen molar-refractivity contribution >= 4 is 34.5 Å². The first-order valence-corrected chi connectivity index (χ1v) is 8.61. The molecule has 1 heterocycles. The number of rotatable bonds is 6. The van der Waals surface area contributed by atoms with E-state index in [1.165, 1.54) is 29.5 Å². The molecule has 1 aromatic heterocycles. The second kappa shape index (κ2) is 7.51. The maximum absolute atomic E-state index is 11.1. The Labute approximate surface area is 157 Å². The molecule has 3 rings (SSSR count). The number of carbonyl (C=O) groups excluding carboxylic acids is 1. The van der Waals surface area contributed by atoms with Gasteiger partial charge < -0.3 is 10.5 Å². The summed E-state index contributed by atoms with van der Waals surface area (Å²) in [5.74, 6) is -0.137. The summed E-state index contributed by atoms with van der Waals surface area (Å²) < 4.78 is 5.59. The molecule has 2 N–H and O–H groups in total. The number of primary amides is 1. The molecule has 0 fully saturated rings. The highest BCUT2D eigenvalue weighted by Crippen LogP contribution is 2.30. The Hall–Kier alpha value is -2.97. The maximum atomic E-state index is 11.1. The molecular formula is C17H12ClN3O4S. The molecule has 2 aromatic carbocycles. The third-order valence-electron chi connectivity index (χ3n) is 3.47. The van der Waals surface area contributed by atoms with Crippen LogP contribution >= 0.6 is 22.9 Å². The van der Waals surface area contributed by atoms with Gasteiger partial charge in [-0.1, -0.05) is 23.7 Å². The van der Waals surface area contributed by atoms with Crippen LogP contribution in [0.1, 0.15) is 16.1 Å². The zero-order valence-corrected chi connectivity index (χ0v) is 14.8. The van der Waals surface area contributed by atoms with Gasteiger partial charge in [-0.25, -0.2) is 4.98 Å². The smallest absolute Gasteiger partial charge is 0.271 e. The fourth-order valence-electron chi connectivity index (χ4n) is 2.15. The van der Waals surface area contributed by atoms with E-state index in [4.69, 9.17) is 22.1 Å². The fraction of sp³-hybridized carbons (Fsp3) is 0.0588. The lowest BCUT2D eigenvalue weighted by atomic mass is 10.1. The van der Waals surface area contributed by atoms with Gasteiger partial charge in [0.2, 0.25) is 5.91 Å². The van der Waals surface area contributed by atoms with E-state index >= 15 is 0 Å². The maximum Gasteiger partial charge on any atom is 0.271 e. The summed E-state index contributed by atoms with van der Waals surface area (Å²) >= 11 is 7.43. The number of hydrogen-bond donors (Lipinski definition) is 1.